The summed E-state index contributed by atoms with van der Waals surface area (Å²) in [6, 6.07) is 14.0. The van der Waals surface area contributed by atoms with Crippen LogP contribution in [0.1, 0.15) is 35.6 Å². The normalized spacial score (nSPS) is 23.9. The molecule has 6 heteroatoms. The summed E-state index contributed by atoms with van der Waals surface area (Å²) in [7, 11) is 0. The van der Waals surface area contributed by atoms with E-state index in [1.807, 2.05) is 23.1 Å². The third kappa shape index (κ3) is 3.39. The molecule has 0 radical (unpaired) electrons. The second-order valence-electron chi connectivity index (χ2n) is 7.25. The molecule has 27 heavy (non-hydrogen) atoms. The first kappa shape index (κ1) is 17.5. The van der Waals surface area contributed by atoms with Gasteiger partial charge in [0, 0.05) is 18.5 Å². The molecule has 1 aliphatic heterocycles. The van der Waals surface area contributed by atoms with Gasteiger partial charge in [-0.15, -0.1) is 0 Å². The van der Waals surface area contributed by atoms with Crippen molar-refractivity contribution in [2.45, 2.75) is 31.3 Å². The maximum absolute atomic E-state index is 13.4. The van der Waals surface area contributed by atoms with Gasteiger partial charge in [-0.3, -0.25) is 4.79 Å². The quantitative estimate of drug-likeness (QED) is 0.873. The summed E-state index contributed by atoms with van der Waals surface area (Å²) >= 11 is 0. The number of rotatable bonds is 3. The molecule has 1 saturated carbocycles. The van der Waals surface area contributed by atoms with Crippen LogP contribution in [-0.4, -0.2) is 34.6 Å². The van der Waals surface area contributed by atoms with Crippen LogP contribution in [0.2, 0.25) is 0 Å². The highest BCUT2D eigenvalue weighted by atomic mass is 19.1. The maximum atomic E-state index is 13.4. The number of amides is 2. The first-order valence-corrected chi connectivity index (χ1v) is 9.16. The third-order valence-corrected chi connectivity index (χ3v) is 5.57. The van der Waals surface area contributed by atoms with E-state index in [-0.39, 0.29) is 29.7 Å². The number of carbonyl (C=O) groups excluding carboxylic acids is 1. The average molecular weight is 368 g/mol. The van der Waals surface area contributed by atoms with Gasteiger partial charge in [0.1, 0.15) is 5.82 Å². The summed E-state index contributed by atoms with van der Waals surface area (Å²) in [6.45, 7) is 0.603. The zero-order valence-electron chi connectivity index (χ0n) is 14.8. The smallest absolute Gasteiger partial charge is 0.404 e. The van der Waals surface area contributed by atoms with Crippen molar-refractivity contribution in [2.24, 2.45) is 5.92 Å². The van der Waals surface area contributed by atoms with Crippen molar-refractivity contribution >= 4 is 12.0 Å². The number of fused-ring (bicyclic) bond motifs is 1. The third-order valence-electron chi connectivity index (χ3n) is 5.57. The van der Waals surface area contributed by atoms with E-state index in [9.17, 15) is 14.0 Å². The Balaban J connectivity index is 1.60. The van der Waals surface area contributed by atoms with Crippen molar-refractivity contribution in [1.29, 1.82) is 0 Å². The Labute approximate surface area is 156 Å². The Morgan fingerprint density at radius 3 is 2.48 bits per heavy atom. The van der Waals surface area contributed by atoms with Crippen molar-refractivity contribution in [3.8, 4) is 0 Å². The molecular formula is C21H21FN2O3. The van der Waals surface area contributed by atoms with Gasteiger partial charge in [0.2, 0.25) is 5.91 Å². The van der Waals surface area contributed by atoms with Crippen molar-refractivity contribution in [1.82, 2.24) is 10.2 Å². The highest BCUT2D eigenvalue weighted by molar-refractivity contribution is 5.81. The van der Waals surface area contributed by atoms with E-state index in [0.717, 1.165) is 17.5 Å². The molecule has 0 unspecified atom stereocenters. The van der Waals surface area contributed by atoms with Crippen molar-refractivity contribution in [3.63, 3.8) is 0 Å². The molecule has 1 atom stereocenters. The second kappa shape index (κ2) is 7.02. The van der Waals surface area contributed by atoms with Crippen LogP contribution < -0.4 is 5.32 Å². The molecule has 2 aromatic carbocycles. The second-order valence-corrected chi connectivity index (χ2v) is 7.25. The number of benzene rings is 2. The van der Waals surface area contributed by atoms with Crippen molar-refractivity contribution < 1.29 is 19.1 Å². The first-order valence-electron chi connectivity index (χ1n) is 9.16. The summed E-state index contributed by atoms with van der Waals surface area (Å²) < 4.78 is 13.4. The molecule has 0 aromatic heterocycles. The molecule has 2 amide bonds. The summed E-state index contributed by atoms with van der Waals surface area (Å²) in [5.74, 6) is -0.431. The van der Waals surface area contributed by atoms with Crippen LogP contribution in [-0.2, 0) is 11.2 Å². The zero-order chi connectivity index (χ0) is 19.0. The molecule has 2 N–H and O–H groups in total. The van der Waals surface area contributed by atoms with E-state index >= 15 is 0 Å². The zero-order valence-corrected chi connectivity index (χ0v) is 14.8. The molecule has 2 aliphatic rings. The SMILES string of the molecule is O=C(O)N[C@H]1C[C@H](C(=O)N2CCc3ccccc3[C@@H]2c2ccc(F)cc2)C1. The number of carboxylic acid groups (broad SMARTS) is 1. The fourth-order valence-corrected chi connectivity index (χ4v) is 4.15. The van der Waals surface area contributed by atoms with Gasteiger partial charge in [0.15, 0.2) is 0 Å². The molecule has 1 aliphatic carbocycles. The van der Waals surface area contributed by atoms with Gasteiger partial charge in [0.25, 0.3) is 0 Å². The van der Waals surface area contributed by atoms with Crippen LogP contribution in [0.15, 0.2) is 48.5 Å². The van der Waals surface area contributed by atoms with Gasteiger partial charge in [-0.05, 0) is 48.1 Å². The number of nitrogens with zero attached hydrogens (tertiary/aromatic N) is 1. The Morgan fingerprint density at radius 1 is 1.07 bits per heavy atom. The highest BCUT2D eigenvalue weighted by Crippen LogP contribution is 2.39. The number of hydrogen-bond donors (Lipinski definition) is 2. The van der Waals surface area contributed by atoms with Crippen molar-refractivity contribution in [3.05, 3.63) is 71.0 Å². The lowest BCUT2D eigenvalue weighted by atomic mass is 9.78. The van der Waals surface area contributed by atoms with Gasteiger partial charge >= 0.3 is 6.09 Å². The molecule has 5 nitrogen and oxygen atoms in total. The summed E-state index contributed by atoms with van der Waals surface area (Å²) in [6.07, 6.45) is 0.782. The van der Waals surface area contributed by atoms with Crippen LogP contribution in [0.25, 0.3) is 0 Å². The Morgan fingerprint density at radius 2 is 1.78 bits per heavy atom. The van der Waals surface area contributed by atoms with Crippen LogP contribution in [0.4, 0.5) is 9.18 Å². The lowest BCUT2D eigenvalue weighted by Crippen LogP contribution is -2.52. The van der Waals surface area contributed by atoms with E-state index in [1.54, 1.807) is 12.1 Å². The molecular weight excluding hydrogens is 347 g/mol. The predicted octanol–water partition coefficient (Wildman–Crippen LogP) is 3.35. The van der Waals surface area contributed by atoms with Crippen LogP contribution in [0.5, 0.6) is 0 Å². The van der Waals surface area contributed by atoms with Gasteiger partial charge in [-0.1, -0.05) is 36.4 Å². The highest BCUT2D eigenvalue weighted by Gasteiger charge is 2.41. The lowest BCUT2D eigenvalue weighted by Gasteiger charge is -2.43. The fourth-order valence-electron chi connectivity index (χ4n) is 4.15. The predicted molar refractivity (Wildman–Crippen MR) is 97.8 cm³/mol. The van der Waals surface area contributed by atoms with Crippen molar-refractivity contribution in [2.75, 3.05) is 6.54 Å². The fraction of sp³-hybridized carbons (Fsp3) is 0.333. The lowest BCUT2D eigenvalue weighted by molar-refractivity contribution is -0.141. The Bertz CT molecular complexity index is 862. The van der Waals surface area contributed by atoms with Gasteiger partial charge < -0.3 is 15.3 Å². The first-order chi connectivity index (χ1) is 13.0. The number of halogens is 1. The van der Waals surface area contributed by atoms with Gasteiger partial charge in [0.05, 0.1) is 6.04 Å². The minimum Gasteiger partial charge on any atom is -0.465 e. The standard InChI is InChI=1S/C21H21FN2O3/c22-16-7-5-14(6-8-16)19-18-4-2-1-3-13(18)9-10-24(19)20(25)15-11-17(12-15)23-21(26)27/h1-8,15,17,19,23H,9-12H2,(H,26,27)/t15-,17-,19-/m0/s1. The van der Waals surface area contributed by atoms with Crippen LogP contribution >= 0.6 is 0 Å². The molecule has 4 rings (SSSR count). The van der Waals surface area contributed by atoms with E-state index in [0.29, 0.717) is 19.4 Å². The Kier molecular flexibility index (Phi) is 4.56. The minimum absolute atomic E-state index is 0.0438. The minimum atomic E-state index is -1.05. The molecule has 1 heterocycles. The maximum Gasteiger partial charge on any atom is 0.404 e. The van der Waals surface area contributed by atoms with Gasteiger partial charge in [-0.2, -0.15) is 0 Å². The van der Waals surface area contributed by atoms with E-state index in [1.165, 1.54) is 17.7 Å². The molecule has 2 aromatic rings. The number of hydrogen-bond acceptors (Lipinski definition) is 2. The van der Waals surface area contributed by atoms with E-state index in [2.05, 4.69) is 11.4 Å². The largest absolute Gasteiger partial charge is 0.465 e. The molecule has 1 fully saturated rings. The molecule has 140 valence electrons. The number of carbonyl (C=O) groups is 2. The molecule has 0 saturated heterocycles. The summed E-state index contributed by atoms with van der Waals surface area (Å²) in [5.41, 5.74) is 3.16. The number of nitrogens with one attached hydrogen (secondary N) is 1. The van der Waals surface area contributed by atoms with Crippen LogP contribution in [0.3, 0.4) is 0 Å². The average Bonchev–Trinajstić information content (AvgIpc) is 2.63. The van der Waals surface area contributed by atoms with Crippen LogP contribution in [0, 0.1) is 11.7 Å². The van der Waals surface area contributed by atoms with E-state index < -0.39 is 6.09 Å². The van der Waals surface area contributed by atoms with Gasteiger partial charge in [-0.25, -0.2) is 9.18 Å². The molecule has 0 bridgehead atoms. The monoisotopic (exact) mass is 368 g/mol. The summed E-state index contributed by atoms with van der Waals surface area (Å²) in [5, 5.41) is 11.2. The Hall–Kier alpha value is -2.89. The summed E-state index contributed by atoms with van der Waals surface area (Å²) in [4.78, 5) is 25.8. The van der Waals surface area contributed by atoms with E-state index in [4.69, 9.17) is 5.11 Å². The topological polar surface area (TPSA) is 69.6 Å². The molecule has 0 spiro atoms.